The van der Waals surface area contributed by atoms with Gasteiger partial charge in [0.05, 0.1) is 7.11 Å². The first-order chi connectivity index (χ1) is 11.6. The van der Waals surface area contributed by atoms with E-state index in [1.165, 1.54) is 0 Å². The molecule has 0 atom stereocenters. The number of hydrogen-bond acceptors (Lipinski definition) is 2. The Morgan fingerprint density at radius 3 is 2.67 bits per heavy atom. The molecule has 0 aliphatic heterocycles. The Kier molecular flexibility index (Phi) is 7.03. The molecule has 3 nitrogen and oxygen atoms in total. The number of unbranched alkanes of at least 4 members (excludes halogenated alkanes) is 1. The number of aromatic amines is 1. The van der Waals surface area contributed by atoms with Gasteiger partial charge in [-0.2, -0.15) is 0 Å². The van der Waals surface area contributed by atoms with Gasteiger partial charge in [-0.25, -0.2) is 8.78 Å². The highest BCUT2D eigenvalue weighted by atomic mass is 19.3. The third-order valence-corrected chi connectivity index (χ3v) is 4.44. The fraction of sp³-hybridized carbons (Fsp3) is 0.579. The summed E-state index contributed by atoms with van der Waals surface area (Å²) in [5.41, 5.74) is 3.40. The van der Waals surface area contributed by atoms with E-state index in [2.05, 4.69) is 29.8 Å². The van der Waals surface area contributed by atoms with Crippen molar-refractivity contribution in [1.82, 2.24) is 9.88 Å². The van der Waals surface area contributed by atoms with Gasteiger partial charge in [0.25, 0.3) is 0 Å². The molecule has 1 aromatic heterocycles. The number of fused-ring (bicyclic) bond motifs is 1. The number of hydrogen-bond donors (Lipinski definition) is 1. The molecule has 2 aromatic rings. The number of methoxy groups -OCH3 is 1. The molecule has 0 spiro atoms. The van der Waals surface area contributed by atoms with Crippen LogP contribution in [0.2, 0.25) is 0 Å². The van der Waals surface area contributed by atoms with E-state index in [0.717, 1.165) is 53.7 Å². The van der Waals surface area contributed by atoms with E-state index in [4.69, 9.17) is 4.74 Å². The highest BCUT2D eigenvalue weighted by molar-refractivity contribution is 5.88. The van der Waals surface area contributed by atoms with Gasteiger partial charge < -0.3 is 9.72 Å². The topological polar surface area (TPSA) is 28.3 Å². The van der Waals surface area contributed by atoms with Crippen LogP contribution in [-0.4, -0.2) is 36.5 Å². The molecule has 1 N–H and O–H groups in total. The van der Waals surface area contributed by atoms with Gasteiger partial charge >= 0.3 is 0 Å². The summed E-state index contributed by atoms with van der Waals surface area (Å²) in [6.45, 7) is 6.54. The van der Waals surface area contributed by atoms with Crippen molar-refractivity contribution >= 4 is 10.9 Å². The van der Waals surface area contributed by atoms with Gasteiger partial charge in [0, 0.05) is 35.6 Å². The van der Waals surface area contributed by atoms with Crippen molar-refractivity contribution in [2.75, 3.05) is 20.2 Å². The van der Waals surface area contributed by atoms with E-state index in [1.807, 2.05) is 12.3 Å². The third-order valence-electron chi connectivity index (χ3n) is 4.44. The maximum Gasteiger partial charge on any atom is 0.238 e. The van der Waals surface area contributed by atoms with E-state index in [0.29, 0.717) is 13.0 Å². The average Bonchev–Trinajstić information content (AvgIpc) is 3.04. The SMILES string of the molecule is CCCCN(CCCC(F)F)Cc1c(OC)cc(C)c2[nH]ccc12. The molecule has 1 aromatic carbocycles. The molecule has 0 saturated carbocycles. The van der Waals surface area contributed by atoms with Crippen LogP contribution in [0, 0.1) is 6.92 Å². The lowest BCUT2D eigenvalue weighted by Gasteiger charge is -2.24. The highest BCUT2D eigenvalue weighted by Gasteiger charge is 2.16. The van der Waals surface area contributed by atoms with Crippen molar-refractivity contribution in [3.8, 4) is 5.75 Å². The number of ether oxygens (including phenoxy) is 1. The van der Waals surface area contributed by atoms with Gasteiger partial charge in [-0.1, -0.05) is 13.3 Å². The van der Waals surface area contributed by atoms with Crippen LogP contribution in [0.1, 0.15) is 43.7 Å². The van der Waals surface area contributed by atoms with Gasteiger partial charge in [0.15, 0.2) is 0 Å². The first kappa shape index (κ1) is 18.7. The smallest absolute Gasteiger partial charge is 0.238 e. The van der Waals surface area contributed by atoms with Crippen molar-refractivity contribution in [2.45, 2.75) is 52.5 Å². The number of alkyl halides is 2. The number of halogens is 2. The molecule has 134 valence electrons. The van der Waals surface area contributed by atoms with E-state index in [1.54, 1.807) is 7.11 Å². The largest absolute Gasteiger partial charge is 0.496 e. The summed E-state index contributed by atoms with van der Waals surface area (Å²) in [7, 11) is 1.68. The van der Waals surface area contributed by atoms with Crippen molar-refractivity contribution in [1.29, 1.82) is 0 Å². The standard InChI is InChI=1S/C19H28F2N2O/c1-4-5-10-23(11-6-7-18(20)21)13-16-15-8-9-22-19(15)14(2)12-17(16)24-3/h8-9,12,18,22H,4-7,10-11,13H2,1-3H3. The Labute approximate surface area is 143 Å². The molecule has 0 fully saturated rings. The average molecular weight is 338 g/mol. The molecule has 0 radical (unpaired) electrons. The summed E-state index contributed by atoms with van der Waals surface area (Å²) in [4.78, 5) is 5.55. The monoisotopic (exact) mass is 338 g/mol. The summed E-state index contributed by atoms with van der Waals surface area (Å²) in [5.74, 6) is 0.870. The van der Waals surface area contributed by atoms with E-state index in [9.17, 15) is 8.78 Å². The second-order valence-corrected chi connectivity index (χ2v) is 6.30. The van der Waals surface area contributed by atoms with Crippen molar-refractivity contribution < 1.29 is 13.5 Å². The highest BCUT2D eigenvalue weighted by Crippen LogP contribution is 2.31. The Hall–Kier alpha value is -1.62. The third kappa shape index (κ3) is 4.69. The summed E-state index contributed by atoms with van der Waals surface area (Å²) < 4.78 is 30.5. The quantitative estimate of drug-likeness (QED) is 0.650. The van der Waals surface area contributed by atoms with Gasteiger partial charge in [0.2, 0.25) is 6.43 Å². The van der Waals surface area contributed by atoms with Gasteiger partial charge in [-0.3, -0.25) is 4.90 Å². The molecule has 0 amide bonds. The van der Waals surface area contributed by atoms with Crippen LogP contribution in [-0.2, 0) is 6.54 Å². The van der Waals surface area contributed by atoms with Gasteiger partial charge in [0.1, 0.15) is 5.75 Å². The van der Waals surface area contributed by atoms with Gasteiger partial charge in [-0.05, 0) is 50.6 Å². The number of H-pyrrole nitrogens is 1. The molecule has 0 aliphatic rings. The second kappa shape index (κ2) is 9.02. The zero-order valence-corrected chi connectivity index (χ0v) is 14.9. The number of aromatic nitrogens is 1. The maximum absolute atomic E-state index is 12.5. The fourth-order valence-corrected chi connectivity index (χ4v) is 3.13. The van der Waals surface area contributed by atoms with Crippen LogP contribution in [0.3, 0.4) is 0 Å². The second-order valence-electron chi connectivity index (χ2n) is 6.30. The van der Waals surface area contributed by atoms with Crippen LogP contribution < -0.4 is 4.74 Å². The molecule has 1 heterocycles. The van der Waals surface area contributed by atoms with E-state index >= 15 is 0 Å². The van der Waals surface area contributed by atoms with Crippen LogP contribution in [0.15, 0.2) is 18.3 Å². The van der Waals surface area contributed by atoms with Crippen LogP contribution in [0.5, 0.6) is 5.75 Å². The van der Waals surface area contributed by atoms with Crippen molar-refractivity contribution in [3.63, 3.8) is 0 Å². The number of benzene rings is 1. The first-order valence-corrected chi connectivity index (χ1v) is 8.70. The molecule has 0 unspecified atom stereocenters. The maximum atomic E-state index is 12.5. The number of aryl methyl sites for hydroxylation is 1. The van der Waals surface area contributed by atoms with Crippen LogP contribution in [0.25, 0.3) is 10.9 Å². The Morgan fingerprint density at radius 1 is 1.25 bits per heavy atom. The first-order valence-electron chi connectivity index (χ1n) is 8.70. The zero-order chi connectivity index (χ0) is 17.5. The van der Waals surface area contributed by atoms with Crippen LogP contribution in [0.4, 0.5) is 8.78 Å². The molecular weight excluding hydrogens is 310 g/mol. The molecular formula is C19H28F2N2O. The molecule has 0 saturated heterocycles. The van der Waals surface area contributed by atoms with E-state index in [-0.39, 0.29) is 6.42 Å². The lowest BCUT2D eigenvalue weighted by atomic mass is 10.0. The summed E-state index contributed by atoms with van der Waals surface area (Å²) in [6.07, 6.45) is 2.37. The van der Waals surface area contributed by atoms with Crippen LogP contribution >= 0.6 is 0 Å². The normalized spacial score (nSPS) is 11.8. The molecule has 24 heavy (non-hydrogen) atoms. The predicted molar refractivity (Wildman–Crippen MR) is 95.0 cm³/mol. The molecule has 0 aliphatic carbocycles. The number of nitrogens with zero attached hydrogens (tertiary/aromatic N) is 1. The minimum atomic E-state index is -2.22. The fourth-order valence-electron chi connectivity index (χ4n) is 3.13. The summed E-state index contributed by atoms with van der Waals surface area (Å²) in [5, 5.41) is 1.15. The van der Waals surface area contributed by atoms with Crippen molar-refractivity contribution in [3.05, 3.63) is 29.5 Å². The minimum Gasteiger partial charge on any atom is -0.496 e. The molecule has 2 rings (SSSR count). The zero-order valence-electron chi connectivity index (χ0n) is 14.9. The number of rotatable bonds is 10. The Balaban J connectivity index is 2.22. The number of nitrogens with one attached hydrogen (secondary N) is 1. The Morgan fingerprint density at radius 2 is 2.00 bits per heavy atom. The van der Waals surface area contributed by atoms with Gasteiger partial charge in [-0.15, -0.1) is 0 Å². The minimum absolute atomic E-state index is 0.0345. The lowest BCUT2D eigenvalue weighted by Crippen LogP contribution is -2.26. The lowest BCUT2D eigenvalue weighted by molar-refractivity contribution is 0.126. The van der Waals surface area contributed by atoms with E-state index < -0.39 is 6.43 Å². The van der Waals surface area contributed by atoms with Crippen molar-refractivity contribution in [2.24, 2.45) is 0 Å². The molecule has 5 heteroatoms. The molecule has 0 bridgehead atoms. The predicted octanol–water partition coefficient (Wildman–Crippen LogP) is 5.13. The summed E-state index contributed by atoms with van der Waals surface area (Å²) in [6, 6.07) is 4.11. The summed E-state index contributed by atoms with van der Waals surface area (Å²) >= 11 is 0. The Bertz CT molecular complexity index is 640.